The molecule has 90 valence electrons. The molecule has 0 saturated carbocycles. The highest BCUT2D eigenvalue weighted by Crippen LogP contribution is 2.27. The molecule has 1 saturated heterocycles. The van der Waals surface area contributed by atoms with Crippen molar-refractivity contribution in [3.8, 4) is 0 Å². The number of non-ortho nitro benzene ring substituents is 1. The van der Waals surface area contributed by atoms with Crippen LogP contribution in [0.15, 0.2) is 18.2 Å². The molecule has 1 heterocycles. The van der Waals surface area contributed by atoms with Gasteiger partial charge in [0.1, 0.15) is 0 Å². The number of carbonyl (C=O) groups is 1. The summed E-state index contributed by atoms with van der Waals surface area (Å²) >= 11 is 0. The molecular formula is C10H9FN2O4. The molecule has 0 radical (unpaired) electrons. The number of hydrogen-bond donors (Lipinski definition) is 1. The number of benzene rings is 1. The Morgan fingerprint density at radius 3 is 2.71 bits per heavy atom. The molecule has 17 heavy (non-hydrogen) atoms. The van der Waals surface area contributed by atoms with E-state index >= 15 is 0 Å². The topological polar surface area (TPSA) is 83.7 Å². The van der Waals surface area contributed by atoms with Crippen molar-refractivity contribution in [2.45, 2.75) is 12.5 Å². The maximum atomic E-state index is 13.6. The van der Waals surface area contributed by atoms with E-state index in [0.717, 1.165) is 17.0 Å². The van der Waals surface area contributed by atoms with E-state index in [1.165, 1.54) is 6.07 Å². The van der Waals surface area contributed by atoms with Gasteiger partial charge >= 0.3 is 0 Å². The number of anilines is 1. The normalized spacial score (nSPS) is 19.8. The van der Waals surface area contributed by atoms with Gasteiger partial charge in [-0.2, -0.15) is 0 Å². The van der Waals surface area contributed by atoms with E-state index in [1.807, 2.05) is 0 Å². The summed E-state index contributed by atoms with van der Waals surface area (Å²) in [5.41, 5.74) is -0.421. The molecular weight excluding hydrogens is 231 g/mol. The average Bonchev–Trinajstić information content (AvgIpc) is 2.57. The molecule has 7 heteroatoms. The lowest BCUT2D eigenvalue weighted by Crippen LogP contribution is -2.26. The third-order valence-electron chi connectivity index (χ3n) is 2.54. The van der Waals surface area contributed by atoms with Crippen molar-refractivity contribution < 1.29 is 19.2 Å². The minimum atomic E-state index is -0.846. The van der Waals surface area contributed by atoms with E-state index < -0.39 is 22.8 Å². The molecule has 6 nitrogen and oxygen atoms in total. The van der Waals surface area contributed by atoms with Gasteiger partial charge in [-0.3, -0.25) is 14.9 Å². The zero-order valence-electron chi connectivity index (χ0n) is 8.67. The second-order valence-electron chi connectivity index (χ2n) is 3.76. The summed E-state index contributed by atoms with van der Waals surface area (Å²) < 4.78 is 13.6. The van der Waals surface area contributed by atoms with E-state index in [1.54, 1.807) is 0 Å². The van der Waals surface area contributed by atoms with Crippen LogP contribution in [0.2, 0.25) is 0 Å². The van der Waals surface area contributed by atoms with E-state index in [2.05, 4.69) is 0 Å². The van der Waals surface area contributed by atoms with Gasteiger partial charge in [-0.05, 0) is 6.07 Å². The molecule has 0 aliphatic carbocycles. The lowest BCUT2D eigenvalue weighted by Gasteiger charge is -2.16. The second-order valence-corrected chi connectivity index (χ2v) is 3.76. The van der Waals surface area contributed by atoms with Crippen LogP contribution in [0.4, 0.5) is 15.8 Å². The maximum Gasteiger partial charge on any atom is 0.272 e. The first-order valence-corrected chi connectivity index (χ1v) is 4.91. The number of nitro benzene ring substituents is 1. The molecule has 0 bridgehead atoms. The summed E-state index contributed by atoms with van der Waals surface area (Å²) in [6.07, 6.45) is -0.881. The van der Waals surface area contributed by atoms with Crippen molar-refractivity contribution in [1.29, 1.82) is 0 Å². The summed E-state index contributed by atoms with van der Waals surface area (Å²) in [6, 6.07) is 3.05. The molecule has 1 atom stereocenters. The fraction of sp³-hybridized carbons (Fsp3) is 0.300. The highest BCUT2D eigenvalue weighted by molar-refractivity contribution is 5.96. The molecule has 0 aromatic heterocycles. The standard InChI is InChI=1S/C10H9FN2O4/c11-8-3-6(13(16)17)1-2-9(8)12-5-7(14)4-10(12)15/h1-3,7,14H,4-5H2. The zero-order valence-corrected chi connectivity index (χ0v) is 8.67. The number of aliphatic hydroxyl groups excluding tert-OH is 1. The minimum Gasteiger partial charge on any atom is -0.391 e. The average molecular weight is 240 g/mol. The largest absolute Gasteiger partial charge is 0.391 e. The number of nitrogens with zero attached hydrogens (tertiary/aromatic N) is 2. The van der Waals surface area contributed by atoms with Gasteiger partial charge in [0.25, 0.3) is 5.69 Å². The molecule has 1 aliphatic heterocycles. The Balaban J connectivity index is 2.34. The Morgan fingerprint density at radius 1 is 1.53 bits per heavy atom. The van der Waals surface area contributed by atoms with Gasteiger partial charge in [-0.15, -0.1) is 0 Å². The fourth-order valence-electron chi connectivity index (χ4n) is 1.75. The predicted molar refractivity (Wildman–Crippen MR) is 56.0 cm³/mol. The molecule has 0 spiro atoms. The van der Waals surface area contributed by atoms with E-state index in [0.29, 0.717) is 0 Å². The predicted octanol–water partition coefficient (Wildman–Crippen LogP) is 0.832. The molecule has 1 aliphatic rings. The number of carbonyl (C=O) groups excluding carboxylic acids is 1. The number of amides is 1. The Bertz CT molecular complexity index is 491. The van der Waals surface area contributed by atoms with E-state index in [9.17, 15) is 24.4 Å². The van der Waals surface area contributed by atoms with Gasteiger partial charge in [-0.1, -0.05) is 0 Å². The molecule has 1 aromatic rings. The van der Waals surface area contributed by atoms with Gasteiger partial charge in [0.2, 0.25) is 5.91 Å². The van der Waals surface area contributed by atoms with Gasteiger partial charge in [0.15, 0.2) is 5.82 Å². The van der Waals surface area contributed by atoms with Crippen LogP contribution in [0.5, 0.6) is 0 Å². The highest BCUT2D eigenvalue weighted by Gasteiger charge is 2.31. The second kappa shape index (κ2) is 4.10. The number of hydrogen-bond acceptors (Lipinski definition) is 4. The first kappa shape index (κ1) is 11.5. The zero-order chi connectivity index (χ0) is 12.6. The summed E-state index contributed by atoms with van der Waals surface area (Å²) in [5, 5.41) is 19.7. The van der Waals surface area contributed by atoms with Crippen LogP contribution in [0.1, 0.15) is 6.42 Å². The fourth-order valence-corrected chi connectivity index (χ4v) is 1.75. The lowest BCUT2D eigenvalue weighted by atomic mass is 10.2. The van der Waals surface area contributed by atoms with Crippen LogP contribution in [-0.4, -0.2) is 28.6 Å². The number of β-amino-alcohol motifs (C(OH)–C–C–N with tert-alkyl or cyclic N) is 1. The SMILES string of the molecule is O=C1CC(O)CN1c1ccc([N+](=O)[O-])cc1F. The maximum absolute atomic E-state index is 13.6. The molecule has 1 fully saturated rings. The van der Waals surface area contributed by atoms with Crippen molar-refractivity contribution in [2.75, 3.05) is 11.4 Å². The summed E-state index contributed by atoms with van der Waals surface area (Å²) in [4.78, 5) is 22.2. The third kappa shape index (κ3) is 2.09. The van der Waals surface area contributed by atoms with Crippen molar-refractivity contribution in [3.05, 3.63) is 34.1 Å². The minimum absolute atomic E-state index is 0.00750. The quantitative estimate of drug-likeness (QED) is 0.613. The van der Waals surface area contributed by atoms with Crippen LogP contribution in [0, 0.1) is 15.9 Å². The van der Waals surface area contributed by atoms with Gasteiger partial charge < -0.3 is 10.0 Å². The van der Waals surface area contributed by atoms with Gasteiger partial charge in [-0.25, -0.2) is 4.39 Å². The van der Waals surface area contributed by atoms with Crippen molar-refractivity contribution in [2.24, 2.45) is 0 Å². The van der Waals surface area contributed by atoms with E-state index in [4.69, 9.17) is 0 Å². The number of aliphatic hydroxyl groups is 1. The molecule has 1 N–H and O–H groups in total. The number of halogens is 1. The highest BCUT2D eigenvalue weighted by atomic mass is 19.1. The van der Waals surface area contributed by atoms with Crippen LogP contribution >= 0.6 is 0 Å². The van der Waals surface area contributed by atoms with Crippen molar-refractivity contribution in [3.63, 3.8) is 0 Å². The molecule has 1 amide bonds. The number of rotatable bonds is 2. The lowest BCUT2D eigenvalue weighted by molar-refractivity contribution is -0.385. The smallest absolute Gasteiger partial charge is 0.272 e. The Labute approximate surface area is 95.4 Å². The van der Waals surface area contributed by atoms with Crippen molar-refractivity contribution >= 4 is 17.3 Å². The summed E-state index contributed by atoms with van der Waals surface area (Å²) in [7, 11) is 0. The third-order valence-corrected chi connectivity index (χ3v) is 2.54. The van der Waals surface area contributed by atoms with Crippen molar-refractivity contribution in [1.82, 2.24) is 0 Å². The van der Waals surface area contributed by atoms with Crippen LogP contribution in [0.25, 0.3) is 0 Å². The Morgan fingerprint density at radius 2 is 2.24 bits per heavy atom. The van der Waals surface area contributed by atoms with Gasteiger partial charge in [0, 0.05) is 6.07 Å². The first-order chi connectivity index (χ1) is 7.99. The Kier molecular flexibility index (Phi) is 2.76. The monoisotopic (exact) mass is 240 g/mol. The summed E-state index contributed by atoms with van der Waals surface area (Å²) in [6.45, 7) is 0.00750. The Hall–Kier alpha value is -2.02. The van der Waals surface area contributed by atoms with E-state index in [-0.39, 0.29) is 24.3 Å². The van der Waals surface area contributed by atoms with Crippen LogP contribution in [0.3, 0.4) is 0 Å². The molecule has 2 rings (SSSR count). The van der Waals surface area contributed by atoms with Gasteiger partial charge in [0.05, 0.1) is 35.7 Å². The summed E-state index contributed by atoms with van der Waals surface area (Å²) in [5.74, 6) is -1.24. The van der Waals surface area contributed by atoms with Crippen LogP contribution < -0.4 is 4.90 Å². The van der Waals surface area contributed by atoms with Crippen LogP contribution in [-0.2, 0) is 4.79 Å². The first-order valence-electron chi connectivity index (χ1n) is 4.91. The molecule has 1 unspecified atom stereocenters. The number of nitro groups is 1. The molecule has 1 aromatic carbocycles.